The van der Waals surface area contributed by atoms with Gasteiger partial charge in [0.15, 0.2) is 0 Å². The lowest BCUT2D eigenvalue weighted by atomic mass is 10.4. The first-order valence-corrected chi connectivity index (χ1v) is 5.68. The molecule has 0 bridgehead atoms. The standard InChI is InChI=1S/C10H17ClN4O/c1-3-15(5-6-16-4-2)9-7-8(11)13-10(12)14-9/h7H,3-6H2,1-2H3,(H2,12,13,14). The molecule has 0 spiro atoms. The summed E-state index contributed by atoms with van der Waals surface area (Å²) in [5.41, 5.74) is 5.54. The van der Waals surface area contributed by atoms with Crippen LogP contribution in [0.5, 0.6) is 0 Å². The van der Waals surface area contributed by atoms with E-state index >= 15 is 0 Å². The molecule has 0 aliphatic rings. The van der Waals surface area contributed by atoms with Crippen LogP contribution in [-0.2, 0) is 4.74 Å². The third kappa shape index (κ3) is 3.83. The zero-order valence-electron chi connectivity index (χ0n) is 9.61. The quantitative estimate of drug-likeness (QED) is 0.608. The second kappa shape index (κ2) is 6.50. The molecule has 1 rings (SSSR count). The summed E-state index contributed by atoms with van der Waals surface area (Å²) in [6, 6.07) is 1.70. The predicted octanol–water partition coefficient (Wildman–Crippen LogP) is 1.57. The van der Waals surface area contributed by atoms with Crippen LogP contribution in [0.3, 0.4) is 0 Å². The van der Waals surface area contributed by atoms with Crippen LogP contribution in [0.4, 0.5) is 11.8 Å². The summed E-state index contributed by atoms with van der Waals surface area (Å²) in [4.78, 5) is 10.00. The summed E-state index contributed by atoms with van der Waals surface area (Å²) in [6.07, 6.45) is 0. The largest absolute Gasteiger partial charge is 0.380 e. The maximum Gasteiger partial charge on any atom is 0.223 e. The smallest absolute Gasteiger partial charge is 0.223 e. The number of nitrogens with zero attached hydrogens (tertiary/aromatic N) is 3. The molecular formula is C10H17ClN4O. The van der Waals surface area contributed by atoms with Gasteiger partial charge in [0.1, 0.15) is 11.0 Å². The number of nitrogens with two attached hydrogens (primary N) is 1. The lowest BCUT2D eigenvalue weighted by molar-refractivity contribution is 0.154. The van der Waals surface area contributed by atoms with E-state index in [-0.39, 0.29) is 5.95 Å². The molecule has 0 radical (unpaired) electrons. The minimum Gasteiger partial charge on any atom is -0.380 e. The molecule has 6 heteroatoms. The fraction of sp³-hybridized carbons (Fsp3) is 0.600. The Bertz CT molecular complexity index is 314. The van der Waals surface area contributed by atoms with E-state index in [9.17, 15) is 0 Å². The Morgan fingerprint density at radius 3 is 2.75 bits per heavy atom. The fourth-order valence-electron chi connectivity index (χ4n) is 1.34. The highest BCUT2D eigenvalue weighted by molar-refractivity contribution is 6.29. The fourth-order valence-corrected chi connectivity index (χ4v) is 1.52. The van der Waals surface area contributed by atoms with Crippen molar-refractivity contribution in [2.75, 3.05) is 36.9 Å². The Hall–Kier alpha value is -1.07. The number of likely N-dealkylation sites (N-methyl/N-ethyl adjacent to an activating group) is 1. The van der Waals surface area contributed by atoms with E-state index < -0.39 is 0 Å². The molecule has 0 unspecified atom stereocenters. The molecule has 90 valence electrons. The highest BCUT2D eigenvalue weighted by Gasteiger charge is 2.08. The molecule has 0 amide bonds. The van der Waals surface area contributed by atoms with Crippen molar-refractivity contribution in [2.24, 2.45) is 0 Å². The first-order chi connectivity index (χ1) is 7.67. The molecule has 0 atom stereocenters. The second-order valence-electron chi connectivity index (χ2n) is 3.18. The first-order valence-electron chi connectivity index (χ1n) is 5.30. The number of rotatable bonds is 6. The normalized spacial score (nSPS) is 10.4. The number of nitrogen functional groups attached to an aromatic ring is 1. The minimum atomic E-state index is 0.192. The molecule has 1 aromatic rings. The maximum absolute atomic E-state index is 5.82. The molecule has 0 saturated heterocycles. The Labute approximate surface area is 101 Å². The van der Waals surface area contributed by atoms with Gasteiger partial charge in [0.2, 0.25) is 5.95 Å². The SMILES string of the molecule is CCOCCN(CC)c1cc(Cl)nc(N)n1. The van der Waals surface area contributed by atoms with E-state index in [0.717, 1.165) is 18.9 Å². The van der Waals surface area contributed by atoms with Crippen LogP contribution < -0.4 is 10.6 Å². The van der Waals surface area contributed by atoms with Gasteiger partial charge in [-0.25, -0.2) is 4.98 Å². The van der Waals surface area contributed by atoms with Gasteiger partial charge < -0.3 is 15.4 Å². The van der Waals surface area contributed by atoms with Gasteiger partial charge in [-0.05, 0) is 13.8 Å². The van der Waals surface area contributed by atoms with Crippen LogP contribution in [0.2, 0.25) is 5.15 Å². The molecule has 2 N–H and O–H groups in total. The zero-order chi connectivity index (χ0) is 12.0. The van der Waals surface area contributed by atoms with E-state index in [0.29, 0.717) is 18.4 Å². The number of halogens is 1. The van der Waals surface area contributed by atoms with Crippen molar-refractivity contribution in [1.82, 2.24) is 9.97 Å². The summed E-state index contributed by atoms with van der Waals surface area (Å²) >= 11 is 5.82. The second-order valence-corrected chi connectivity index (χ2v) is 3.57. The van der Waals surface area contributed by atoms with Crippen molar-refractivity contribution >= 4 is 23.4 Å². The van der Waals surface area contributed by atoms with Gasteiger partial charge in [0, 0.05) is 25.8 Å². The van der Waals surface area contributed by atoms with Crippen LogP contribution in [-0.4, -0.2) is 36.3 Å². The summed E-state index contributed by atoms with van der Waals surface area (Å²) in [5.74, 6) is 0.928. The molecule has 0 aliphatic heterocycles. The van der Waals surface area contributed by atoms with E-state index in [1.807, 2.05) is 18.7 Å². The zero-order valence-corrected chi connectivity index (χ0v) is 10.4. The lowest BCUT2D eigenvalue weighted by Gasteiger charge is -2.21. The van der Waals surface area contributed by atoms with Gasteiger partial charge in [0.25, 0.3) is 0 Å². The number of hydrogen-bond donors (Lipinski definition) is 1. The Morgan fingerprint density at radius 1 is 1.44 bits per heavy atom. The highest BCUT2D eigenvalue weighted by Crippen LogP contribution is 2.16. The number of hydrogen-bond acceptors (Lipinski definition) is 5. The highest BCUT2D eigenvalue weighted by atomic mass is 35.5. The van der Waals surface area contributed by atoms with Crippen LogP contribution >= 0.6 is 11.6 Å². The summed E-state index contributed by atoms with van der Waals surface area (Å²) < 4.78 is 5.30. The van der Waals surface area contributed by atoms with Gasteiger partial charge in [0.05, 0.1) is 6.61 Å². The predicted molar refractivity (Wildman–Crippen MR) is 65.8 cm³/mol. The number of aromatic nitrogens is 2. The van der Waals surface area contributed by atoms with Crippen LogP contribution in [0, 0.1) is 0 Å². The van der Waals surface area contributed by atoms with Crippen molar-refractivity contribution in [3.05, 3.63) is 11.2 Å². The molecule has 0 aliphatic carbocycles. The van der Waals surface area contributed by atoms with E-state index in [2.05, 4.69) is 9.97 Å². The topological polar surface area (TPSA) is 64.3 Å². The average molecular weight is 245 g/mol. The monoisotopic (exact) mass is 244 g/mol. The molecule has 0 fully saturated rings. The summed E-state index contributed by atoms with van der Waals surface area (Å²) in [7, 11) is 0. The van der Waals surface area contributed by atoms with Gasteiger partial charge in [-0.15, -0.1) is 0 Å². The van der Waals surface area contributed by atoms with Gasteiger partial charge in [-0.1, -0.05) is 11.6 Å². The molecule has 0 aromatic carbocycles. The van der Waals surface area contributed by atoms with Gasteiger partial charge >= 0.3 is 0 Å². The maximum atomic E-state index is 5.82. The molecule has 0 saturated carbocycles. The van der Waals surface area contributed by atoms with Crippen LogP contribution in [0.25, 0.3) is 0 Å². The Balaban J connectivity index is 2.70. The molecule has 16 heavy (non-hydrogen) atoms. The van der Waals surface area contributed by atoms with Crippen LogP contribution in [0.15, 0.2) is 6.07 Å². The molecule has 1 heterocycles. The minimum absolute atomic E-state index is 0.192. The van der Waals surface area contributed by atoms with E-state index in [1.165, 1.54) is 0 Å². The third-order valence-corrected chi connectivity index (χ3v) is 2.31. The Morgan fingerprint density at radius 2 is 2.19 bits per heavy atom. The molecule has 1 aromatic heterocycles. The molecule has 5 nitrogen and oxygen atoms in total. The Kier molecular flexibility index (Phi) is 5.28. The van der Waals surface area contributed by atoms with E-state index in [4.69, 9.17) is 22.1 Å². The van der Waals surface area contributed by atoms with Crippen molar-refractivity contribution < 1.29 is 4.74 Å². The van der Waals surface area contributed by atoms with Crippen LogP contribution in [0.1, 0.15) is 13.8 Å². The average Bonchev–Trinajstić information content (AvgIpc) is 2.23. The van der Waals surface area contributed by atoms with E-state index in [1.54, 1.807) is 6.07 Å². The first kappa shape index (κ1) is 13.0. The van der Waals surface area contributed by atoms with Crippen molar-refractivity contribution in [3.63, 3.8) is 0 Å². The third-order valence-electron chi connectivity index (χ3n) is 2.11. The van der Waals surface area contributed by atoms with Crippen molar-refractivity contribution in [3.8, 4) is 0 Å². The van der Waals surface area contributed by atoms with Crippen molar-refractivity contribution in [2.45, 2.75) is 13.8 Å². The number of ether oxygens (including phenoxy) is 1. The summed E-state index contributed by atoms with van der Waals surface area (Å²) in [6.45, 7) is 6.96. The lowest BCUT2D eigenvalue weighted by Crippen LogP contribution is -2.28. The summed E-state index contributed by atoms with van der Waals surface area (Å²) in [5, 5.41) is 0.359. The van der Waals surface area contributed by atoms with Gasteiger partial charge in [-0.3, -0.25) is 0 Å². The number of anilines is 2. The van der Waals surface area contributed by atoms with Crippen molar-refractivity contribution in [1.29, 1.82) is 0 Å². The van der Waals surface area contributed by atoms with Gasteiger partial charge in [-0.2, -0.15) is 4.98 Å². The molecular weight excluding hydrogens is 228 g/mol.